The van der Waals surface area contributed by atoms with E-state index in [1.807, 2.05) is 0 Å². The maximum atomic E-state index is 13.1. The lowest BCUT2D eigenvalue weighted by Gasteiger charge is -2.21. The zero-order valence-corrected chi connectivity index (χ0v) is 67.5. The molecule has 0 fully saturated rings. The Kier molecular flexibility index (Phi) is 69.9. The van der Waals surface area contributed by atoms with E-state index in [0.29, 0.717) is 25.7 Å². The number of rotatable bonds is 79. The molecule has 0 amide bonds. The summed E-state index contributed by atoms with van der Waals surface area (Å²) in [5, 5.41) is 10.6. The molecule has 0 saturated carbocycles. The summed E-state index contributed by atoms with van der Waals surface area (Å²) < 4.78 is 68.6. The van der Waals surface area contributed by atoms with Crippen molar-refractivity contribution in [1.29, 1.82) is 0 Å². The maximum absolute atomic E-state index is 13.1. The summed E-state index contributed by atoms with van der Waals surface area (Å²) >= 11 is 0. The second-order valence-electron chi connectivity index (χ2n) is 30.6. The summed E-state index contributed by atoms with van der Waals surface area (Å²) in [5.41, 5.74) is 0. The number of unbranched alkanes of at least 4 members (excludes halogenated alkanes) is 47. The standard InChI is InChI=1S/C81H158O17P2/c1-8-9-10-11-12-31-41-48-55-62-78(83)91-68-77(98-81(86)65-58-51-44-37-36-40-47-54-61-74(6)7)71-96-100(89,90)94-67-75(82)66-93-99(87,88)95-70-76(69-92-79(84)63-56-49-42-34-29-25-21-18-17-20-24-28-33-39-46-53-60-73(4)5)97-80(85)64-57-50-43-35-30-26-22-16-14-13-15-19-23-27-32-38-45-52-59-72(2)3/h72-77,82H,8-71H2,1-7H3,(H,87,88)(H,89,90)/t75-,76-,77-/m1/s1. The SMILES string of the molecule is CCCCCCCCCCCC(=O)OC[C@H](COP(=O)(O)OC[C@H](O)COP(=O)(O)OC[C@@H](COC(=O)CCCCCCCCCCCCCCCCCCC(C)C)OC(=O)CCCCCCCCCCCCCCCCCCCCC(C)C)OC(=O)CCCCCCCCCCC(C)C. The fourth-order valence-corrected chi connectivity index (χ4v) is 14.1. The van der Waals surface area contributed by atoms with Gasteiger partial charge in [-0.25, -0.2) is 9.13 Å². The van der Waals surface area contributed by atoms with Crippen LogP contribution < -0.4 is 0 Å². The summed E-state index contributed by atoms with van der Waals surface area (Å²) in [7, 11) is -9.92. The Labute approximate surface area is 613 Å². The smallest absolute Gasteiger partial charge is 0.462 e. The third-order valence-electron chi connectivity index (χ3n) is 18.9. The average Bonchev–Trinajstić information content (AvgIpc) is 0.918. The first-order valence-electron chi connectivity index (χ1n) is 41.8. The molecule has 0 aromatic carbocycles. The van der Waals surface area contributed by atoms with Crippen LogP contribution in [-0.2, 0) is 65.4 Å². The number of ether oxygens (including phenoxy) is 4. The predicted octanol–water partition coefficient (Wildman–Crippen LogP) is 24.1. The van der Waals surface area contributed by atoms with Crippen LogP contribution >= 0.6 is 15.6 Å². The Bertz CT molecular complexity index is 1940. The van der Waals surface area contributed by atoms with Gasteiger partial charge in [0.05, 0.1) is 26.4 Å². The Hall–Kier alpha value is -1.94. The second kappa shape index (κ2) is 71.3. The van der Waals surface area contributed by atoms with Gasteiger partial charge in [0.15, 0.2) is 12.2 Å². The Morgan fingerprint density at radius 2 is 0.460 bits per heavy atom. The largest absolute Gasteiger partial charge is 0.472 e. The Morgan fingerprint density at radius 1 is 0.270 bits per heavy atom. The molecule has 0 aliphatic rings. The van der Waals surface area contributed by atoms with Crippen molar-refractivity contribution in [2.45, 2.75) is 439 Å². The van der Waals surface area contributed by atoms with Crippen LogP contribution in [0.3, 0.4) is 0 Å². The van der Waals surface area contributed by atoms with Crippen LogP contribution in [0.1, 0.15) is 421 Å². The summed E-state index contributed by atoms with van der Waals surface area (Å²) in [6.45, 7) is 11.9. The molecule has 100 heavy (non-hydrogen) atoms. The van der Waals surface area contributed by atoms with Gasteiger partial charge in [0.2, 0.25) is 0 Å². The van der Waals surface area contributed by atoms with Crippen molar-refractivity contribution in [1.82, 2.24) is 0 Å². The normalized spacial score (nSPS) is 14.0. The molecule has 0 bridgehead atoms. The van der Waals surface area contributed by atoms with Gasteiger partial charge in [0.1, 0.15) is 19.3 Å². The van der Waals surface area contributed by atoms with Crippen molar-refractivity contribution in [3.63, 3.8) is 0 Å². The Morgan fingerprint density at radius 3 is 0.680 bits per heavy atom. The molecular weight excluding hydrogens is 1310 g/mol. The number of carbonyl (C=O) groups excluding carboxylic acids is 4. The van der Waals surface area contributed by atoms with Gasteiger partial charge >= 0.3 is 39.5 Å². The van der Waals surface area contributed by atoms with Gasteiger partial charge in [0, 0.05) is 25.7 Å². The topological polar surface area (TPSA) is 237 Å². The highest BCUT2D eigenvalue weighted by Gasteiger charge is 2.30. The molecule has 5 atom stereocenters. The molecule has 0 heterocycles. The highest BCUT2D eigenvalue weighted by molar-refractivity contribution is 7.47. The minimum Gasteiger partial charge on any atom is -0.462 e. The molecule has 2 unspecified atom stereocenters. The molecule has 594 valence electrons. The zero-order chi connectivity index (χ0) is 73.7. The highest BCUT2D eigenvalue weighted by atomic mass is 31.2. The summed E-state index contributed by atoms with van der Waals surface area (Å²) in [6, 6.07) is 0. The summed E-state index contributed by atoms with van der Waals surface area (Å²) in [5.74, 6) is 0.237. The van der Waals surface area contributed by atoms with Gasteiger partial charge in [-0.2, -0.15) is 0 Å². The molecular formula is C81H158O17P2. The number of hydrogen-bond donors (Lipinski definition) is 3. The van der Waals surface area contributed by atoms with Crippen LogP contribution in [-0.4, -0.2) is 96.7 Å². The quantitative estimate of drug-likeness (QED) is 0.0222. The number of phosphoric acid groups is 2. The molecule has 0 rings (SSSR count). The number of esters is 4. The number of aliphatic hydroxyl groups excluding tert-OH is 1. The van der Waals surface area contributed by atoms with Gasteiger partial charge in [-0.3, -0.25) is 37.3 Å². The molecule has 0 aliphatic carbocycles. The number of carbonyl (C=O) groups is 4. The minimum absolute atomic E-state index is 0.105. The van der Waals surface area contributed by atoms with Crippen LogP contribution in [0.2, 0.25) is 0 Å². The van der Waals surface area contributed by atoms with Crippen molar-refractivity contribution in [3.05, 3.63) is 0 Å². The lowest BCUT2D eigenvalue weighted by atomic mass is 10.0. The molecule has 0 radical (unpaired) electrons. The van der Waals surface area contributed by atoms with Gasteiger partial charge in [0.25, 0.3) is 0 Å². The van der Waals surface area contributed by atoms with E-state index in [-0.39, 0.29) is 25.7 Å². The molecule has 0 aliphatic heterocycles. The minimum atomic E-state index is -4.96. The number of hydrogen-bond acceptors (Lipinski definition) is 15. The molecule has 19 heteroatoms. The second-order valence-corrected chi connectivity index (χ2v) is 33.5. The molecule has 0 aromatic rings. The predicted molar refractivity (Wildman–Crippen MR) is 409 cm³/mol. The molecule has 3 N–H and O–H groups in total. The van der Waals surface area contributed by atoms with Crippen molar-refractivity contribution in [3.8, 4) is 0 Å². The van der Waals surface area contributed by atoms with E-state index < -0.39 is 97.5 Å². The molecule has 0 saturated heterocycles. The monoisotopic (exact) mass is 1470 g/mol. The average molecular weight is 1470 g/mol. The third-order valence-corrected chi connectivity index (χ3v) is 20.8. The Balaban J connectivity index is 5.19. The lowest BCUT2D eigenvalue weighted by Crippen LogP contribution is -2.30. The van der Waals surface area contributed by atoms with Crippen LogP contribution in [0.4, 0.5) is 0 Å². The first-order valence-corrected chi connectivity index (χ1v) is 44.8. The first kappa shape index (κ1) is 98.1. The van der Waals surface area contributed by atoms with Crippen molar-refractivity contribution < 1.29 is 80.2 Å². The van der Waals surface area contributed by atoms with Crippen molar-refractivity contribution in [2.75, 3.05) is 39.6 Å². The highest BCUT2D eigenvalue weighted by Crippen LogP contribution is 2.45. The van der Waals surface area contributed by atoms with Crippen LogP contribution in [0, 0.1) is 17.8 Å². The van der Waals surface area contributed by atoms with Crippen molar-refractivity contribution in [2.24, 2.45) is 17.8 Å². The maximum Gasteiger partial charge on any atom is 0.472 e. The zero-order valence-electron chi connectivity index (χ0n) is 65.7. The van der Waals surface area contributed by atoms with Crippen LogP contribution in [0.15, 0.2) is 0 Å². The van der Waals surface area contributed by atoms with E-state index in [1.54, 1.807) is 0 Å². The van der Waals surface area contributed by atoms with Crippen molar-refractivity contribution >= 4 is 39.5 Å². The summed E-state index contributed by atoms with van der Waals surface area (Å²) in [4.78, 5) is 72.9. The third kappa shape index (κ3) is 74.3. The van der Waals surface area contributed by atoms with Gasteiger partial charge < -0.3 is 33.8 Å². The van der Waals surface area contributed by atoms with Gasteiger partial charge in [-0.1, -0.05) is 370 Å². The van der Waals surface area contributed by atoms with E-state index >= 15 is 0 Å². The molecule has 0 aromatic heterocycles. The van der Waals surface area contributed by atoms with E-state index in [2.05, 4.69) is 48.5 Å². The van der Waals surface area contributed by atoms with Gasteiger partial charge in [-0.15, -0.1) is 0 Å². The molecule has 0 spiro atoms. The van der Waals surface area contributed by atoms with Crippen LogP contribution in [0.25, 0.3) is 0 Å². The number of aliphatic hydroxyl groups is 1. The van der Waals surface area contributed by atoms with E-state index in [0.717, 1.165) is 108 Å². The first-order chi connectivity index (χ1) is 48.2. The van der Waals surface area contributed by atoms with Gasteiger partial charge in [-0.05, 0) is 43.4 Å². The van der Waals surface area contributed by atoms with E-state index in [4.69, 9.17) is 37.0 Å². The van der Waals surface area contributed by atoms with Crippen LogP contribution in [0.5, 0.6) is 0 Å². The summed E-state index contributed by atoms with van der Waals surface area (Å²) in [6.07, 6.45) is 59.9. The fraction of sp³-hybridized carbons (Fsp3) is 0.951. The van der Waals surface area contributed by atoms with E-state index in [1.165, 1.54) is 231 Å². The van der Waals surface area contributed by atoms with E-state index in [9.17, 15) is 43.2 Å². The lowest BCUT2D eigenvalue weighted by molar-refractivity contribution is -0.161. The number of phosphoric ester groups is 2. The fourth-order valence-electron chi connectivity index (χ4n) is 12.5. The molecule has 17 nitrogen and oxygen atoms in total.